The average Bonchev–Trinajstić information content (AvgIpc) is 2.44. The second-order valence-corrected chi connectivity index (χ2v) is 4.91. The first-order valence-electron chi connectivity index (χ1n) is 5.81. The van der Waals surface area contributed by atoms with Crippen molar-refractivity contribution in [1.29, 1.82) is 0 Å². The Hall–Kier alpha value is -1.62. The highest BCUT2D eigenvalue weighted by Gasteiger charge is 2.10. The van der Waals surface area contributed by atoms with Crippen LogP contribution in [0.4, 0.5) is 5.69 Å². The average molecular weight is 311 g/mol. The fourth-order valence-electron chi connectivity index (χ4n) is 1.65. The normalized spacial score (nSPS) is 11.2. The van der Waals surface area contributed by atoms with Gasteiger partial charge in [0.2, 0.25) is 0 Å². The summed E-state index contributed by atoms with van der Waals surface area (Å²) in [6.07, 6.45) is 2.93. The van der Waals surface area contributed by atoms with Crippen LogP contribution in [-0.4, -0.2) is 21.4 Å². The lowest BCUT2D eigenvalue weighted by Gasteiger charge is -2.07. The first kappa shape index (κ1) is 14.8. The summed E-state index contributed by atoms with van der Waals surface area (Å²) in [6, 6.07) is 5.09. The van der Waals surface area contributed by atoms with E-state index in [-0.39, 0.29) is 12.4 Å². The van der Waals surface area contributed by atoms with Crippen molar-refractivity contribution >= 4 is 35.1 Å². The van der Waals surface area contributed by atoms with Crippen molar-refractivity contribution in [2.45, 2.75) is 13.5 Å². The van der Waals surface area contributed by atoms with Crippen molar-refractivity contribution in [3.05, 3.63) is 51.3 Å². The van der Waals surface area contributed by atoms with E-state index in [0.29, 0.717) is 32.6 Å². The third-order valence-electron chi connectivity index (χ3n) is 2.79. The van der Waals surface area contributed by atoms with Crippen LogP contribution in [0, 0.1) is 6.92 Å². The molecule has 4 nitrogen and oxygen atoms in total. The lowest BCUT2D eigenvalue weighted by molar-refractivity contribution is 0.280. The van der Waals surface area contributed by atoms with Gasteiger partial charge in [-0.05, 0) is 19.1 Å². The van der Waals surface area contributed by atoms with Crippen LogP contribution in [0.1, 0.15) is 16.8 Å². The molecule has 0 bridgehead atoms. The summed E-state index contributed by atoms with van der Waals surface area (Å²) < 4.78 is 0. The molecule has 2 aromatic rings. The maximum absolute atomic E-state index is 9.99. The fourth-order valence-corrected chi connectivity index (χ4v) is 1.99. The molecule has 0 unspecified atom stereocenters. The van der Waals surface area contributed by atoms with Gasteiger partial charge in [-0.25, -0.2) is 0 Å². The smallest absolute Gasteiger partial charge is 0.145 e. The van der Waals surface area contributed by atoms with Crippen LogP contribution >= 0.6 is 23.2 Å². The van der Waals surface area contributed by atoms with E-state index in [0.717, 1.165) is 0 Å². The summed E-state index contributed by atoms with van der Waals surface area (Å²) in [6.45, 7) is 1.42. The second-order valence-electron chi connectivity index (χ2n) is 4.12. The number of benzene rings is 1. The van der Waals surface area contributed by atoms with E-state index >= 15 is 0 Å². The van der Waals surface area contributed by atoms with Crippen molar-refractivity contribution in [3.63, 3.8) is 0 Å². The van der Waals surface area contributed by atoms with Gasteiger partial charge in [0.15, 0.2) is 0 Å². The lowest BCUT2D eigenvalue weighted by Crippen LogP contribution is -1.97. The van der Waals surface area contributed by atoms with Crippen molar-refractivity contribution in [2.75, 3.05) is 0 Å². The molecule has 2 rings (SSSR count). The van der Waals surface area contributed by atoms with Crippen molar-refractivity contribution < 1.29 is 10.2 Å². The van der Waals surface area contributed by atoms with Gasteiger partial charge in [0.05, 0.1) is 28.0 Å². The van der Waals surface area contributed by atoms with Crippen LogP contribution in [0.25, 0.3) is 0 Å². The molecule has 1 aromatic carbocycles. The van der Waals surface area contributed by atoms with E-state index in [4.69, 9.17) is 23.2 Å². The molecule has 2 N–H and O–H groups in total. The fraction of sp³-hybridized carbons (Fsp3) is 0.143. The van der Waals surface area contributed by atoms with Gasteiger partial charge < -0.3 is 10.2 Å². The molecule has 0 spiro atoms. The number of aromatic hydroxyl groups is 1. The molecule has 0 aliphatic carbocycles. The van der Waals surface area contributed by atoms with Gasteiger partial charge in [-0.3, -0.25) is 9.98 Å². The van der Waals surface area contributed by atoms with E-state index in [1.807, 2.05) is 0 Å². The predicted molar refractivity (Wildman–Crippen MR) is 80.3 cm³/mol. The molecule has 104 valence electrons. The molecule has 0 aliphatic rings. The van der Waals surface area contributed by atoms with Gasteiger partial charge in [-0.1, -0.05) is 29.3 Å². The first-order valence-corrected chi connectivity index (χ1v) is 6.56. The van der Waals surface area contributed by atoms with Crippen LogP contribution in [0.5, 0.6) is 5.75 Å². The van der Waals surface area contributed by atoms with Gasteiger partial charge in [0.25, 0.3) is 0 Å². The Morgan fingerprint density at radius 3 is 2.80 bits per heavy atom. The molecule has 6 heteroatoms. The highest BCUT2D eigenvalue weighted by atomic mass is 35.5. The third kappa shape index (κ3) is 2.93. The zero-order chi connectivity index (χ0) is 14.7. The number of nitrogens with zero attached hydrogens (tertiary/aromatic N) is 2. The highest BCUT2D eigenvalue weighted by Crippen LogP contribution is 2.32. The van der Waals surface area contributed by atoms with Crippen LogP contribution in [-0.2, 0) is 6.61 Å². The quantitative estimate of drug-likeness (QED) is 0.850. The molecule has 0 saturated heterocycles. The first-order chi connectivity index (χ1) is 9.54. The Morgan fingerprint density at radius 2 is 2.10 bits per heavy atom. The van der Waals surface area contributed by atoms with Crippen LogP contribution in [0.3, 0.4) is 0 Å². The summed E-state index contributed by atoms with van der Waals surface area (Å²) in [5, 5.41) is 20.0. The number of aryl methyl sites for hydroxylation is 1. The molecule has 0 radical (unpaired) electrons. The zero-order valence-corrected chi connectivity index (χ0v) is 12.2. The molecule has 1 aromatic heterocycles. The summed E-state index contributed by atoms with van der Waals surface area (Å²) >= 11 is 11.9. The third-order valence-corrected chi connectivity index (χ3v) is 3.60. The Morgan fingerprint density at radius 1 is 1.35 bits per heavy atom. The molecule has 0 aliphatic heterocycles. The van der Waals surface area contributed by atoms with E-state index in [9.17, 15) is 10.2 Å². The van der Waals surface area contributed by atoms with E-state index < -0.39 is 0 Å². The van der Waals surface area contributed by atoms with Crippen molar-refractivity contribution in [2.24, 2.45) is 4.99 Å². The van der Waals surface area contributed by atoms with Gasteiger partial charge in [-0.15, -0.1) is 0 Å². The molecule has 0 fully saturated rings. The maximum atomic E-state index is 9.99. The lowest BCUT2D eigenvalue weighted by atomic mass is 10.1. The number of aromatic nitrogens is 1. The van der Waals surface area contributed by atoms with Gasteiger partial charge >= 0.3 is 0 Å². The molecule has 1 heterocycles. The minimum Gasteiger partial charge on any atom is -0.505 e. The number of hydrogen-bond acceptors (Lipinski definition) is 4. The summed E-state index contributed by atoms with van der Waals surface area (Å²) in [4.78, 5) is 8.19. The van der Waals surface area contributed by atoms with Gasteiger partial charge in [0.1, 0.15) is 5.75 Å². The van der Waals surface area contributed by atoms with E-state index in [1.165, 1.54) is 12.4 Å². The standard InChI is InChI=1S/C14H12Cl2N2O2/c1-8-14(20)10(9(7-19)5-17-8)6-18-12-4-2-3-11(15)13(12)16/h2-6,19-20H,7H2,1H3. The molecule has 0 amide bonds. The van der Waals surface area contributed by atoms with Crippen molar-refractivity contribution in [1.82, 2.24) is 4.98 Å². The van der Waals surface area contributed by atoms with Crippen LogP contribution in [0.15, 0.2) is 29.4 Å². The number of rotatable bonds is 3. The van der Waals surface area contributed by atoms with Crippen LogP contribution < -0.4 is 0 Å². The maximum Gasteiger partial charge on any atom is 0.145 e. The minimum atomic E-state index is -0.245. The molecular weight excluding hydrogens is 299 g/mol. The van der Waals surface area contributed by atoms with Gasteiger partial charge in [-0.2, -0.15) is 0 Å². The number of pyridine rings is 1. The Bertz CT molecular complexity index is 672. The van der Waals surface area contributed by atoms with Gasteiger partial charge in [0, 0.05) is 23.5 Å². The highest BCUT2D eigenvalue weighted by molar-refractivity contribution is 6.43. The SMILES string of the molecule is Cc1ncc(CO)c(C=Nc2cccc(Cl)c2Cl)c1O. The van der Waals surface area contributed by atoms with Crippen molar-refractivity contribution in [3.8, 4) is 5.75 Å². The summed E-state index contributed by atoms with van der Waals surface area (Å²) in [5.41, 5.74) is 1.84. The number of aliphatic hydroxyl groups excluding tert-OH is 1. The number of hydrogen-bond donors (Lipinski definition) is 2. The Labute approximate surface area is 126 Å². The summed E-state index contributed by atoms with van der Waals surface area (Å²) in [5.74, 6) is -0.0153. The summed E-state index contributed by atoms with van der Waals surface area (Å²) in [7, 11) is 0. The minimum absolute atomic E-state index is 0.0153. The molecular formula is C14H12Cl2N2O2. The van der Waals surface area contributed by atoms with E-state index in [1.54, 1.807) is 25.1 Å². The molecule has 20 heavy (non-hydrogen) atoms. The Kier molecular flexibility index (Phi) is 4.60. The number of aliphatic imine (C=N–C) groups is 1. The monoisotopic (exact) mass is 310 g/mol. The topological polar surface area (TPSA) is 65.7 Å². The predicted octanol–water partition coefficient (Wildman–Crippen LogP) is 3.65. The largest absolute Gasteiger partial charge is 0.505 e. The molecule has 0 atom stereocenters. The van der Waals surface area contributed by atoms with E-state index in [2.05, 4.69) is 9.98 Å². The molecule has 0 saturated carbocycles. The second kappa shape index (κ2) is 6.22. The number of halogens is 2. The number of aliphatic hydroxyl groups is 1. The zero-order valence-electron chi connectivity index (χ0n) is 10.6. The Balaban J connectivity index is 2.46. The van der Waals surface area contributed by atoms with Crippen LogP contribution in [0.2, 0.25) is 10.0 Å².